The van der Waals surface area contributed by atoms with Crippen molar-refractivity contribution < 1.29 is 21.6 Å². The molecule has 4 aromatic carbocycles. The van der Waals surface area contributed by atoms with Crippen molar-refractivity contribution in [2.75, 3.05) is 23.1 Å². The number of nitrogens with one attached hydrogen (secondary N) is 2. The van der Waals surface area contributed by atoms with Gasteiger partial charge < -0.3 is 5.32 Å². The van der Waals surface area contributed by atoms with Gasteiger partial charge in [-0.1, -0.05) is 66.2 Å². The van der Waals surface area contributed by atoms with Gasteiger partial charge in [-0.2, -0.15) is 0 Å². The smallest absolute Gasteiger partial charge is 0.261 e. The standard InChI is InChI=1S/C29H28ClN3O5S2/c30-27-10-4-2-7-23(27)20-39(35,36)33-18-16-22(17-19-33)29(34)31-24-12-14-25(15-13-24)40(37,38)32-28-11-5-8-21-6-1-3-9-26(21)28/h1-15,22,32H,16-20H2,(H,31,34). The molecule has 5 rings (SSSR count). The average Bonchev–Trinajstić information content (AvgIpc) is 2.95. The quantitative estimate of drug-likeness (QED) is 0.279. The summed E-state index contributed by atoms with van der Waals surface area (Å²) >= 11 is 6.13. The van der Waals surface area contributed by atoms with Crippen LogP contribution in [0.2, 0.25) is 5.02 Å². The fourth-order valence-electron chi connectivity index (χ4n) is 4.78. The van der Waals surface area contributed by atoms with Crippen LogP contribution in [0.1, 0.15) is 18.4 Å². The number of nitrogens with zero attached hydrogens (tertiary/aromatic N) is 1. The molecule has 1 heterocycles. The lowest BCUT2D eigenvalue weighted by Gasteiger charge is -2.30. The van der Waals surface area contributed by atoms with Crippen molar-refractivity contribution >= 4 is 59.7 Å². The lowest BCUT2D eigenvalue weighted by molar-refractivity contribution is -0.120. The molecule has 0 unspecified atom stereocenters. The van der Waals surface area contributed by atoms with Crippen LogP contribution in [0.3, 0.4) is 0 Å². The molecule has 0 radical (unpaired) electrons. The molecule has 2 N–H and O–H groups in total. The number of piperidine rings is 1. The van der Waals surface area contributed by atoms with E-state index in [0.29, 0.717) is 34.8 Å². The van der Waals surface area contributed by atoms with Crippen molar-refractivity contribution in [3.63, 3.8) is 0 Å². The van der Waals surface area contributed by atoms with E-state index < -0.39 is 20.0 Å². The predicted octanol–water partition coefficient (Wildman–Crippen LogP) is 5.47. The molecule has 0 spiro atoms. The third kappa shape index (κ3) is 6.31. The largest absolute Gasteiger partial charge is 0.326 e. The van der Waals surface area contributed by atoms with Gasteiger partial charge in [0.05, 0.1) is 16.3 Å². The Kier molecular flexibility index (Phi) is 8.14. The maximum atomic E-state index is 13.0. The topological polar surface area (TPSA) is 113 Å². The summed E-state index contributed by atoms with van der Waals surface area (Å²) in [5.41, 5.74) is 1.49. The number of hydrogen-bond acceptors (Lipinski definition) is 5. The minimum absolute atomic E-state index is 0.0652. The van der Waals surface area contributed by atoms with E-state index in [9.17, 15) is 21.6 Å². The van der Waals surface area contributed by atoms with Gasteiger partial charge in [-0.25, -0.2) is 21.1 Å². The van der Waals surface area contributed by atoms with E-state index in [4.69, 9.17) is 11.6 Å². The van der Waals surface area contributed by atoms with Crippen molar-refractivity contribution in [1.29, 1.82) is 0 Å². The zero-order valence-corrected chi connectivity index (χ0v) is 23.8. The summed E-state index contributed by atoms with van der Waals surface area (Å²) in [5.74, 6) is -0.774. The first kappa shape index (κ1) is 28.1. The maximum absolute atomic E-state index is 13.0. The number of fused-ring (bicyclic) bond motifs is 1. The van der Waals surface area contributed by atoms with E-state index >= 15 is 0 Å². The van der Waals surface area contributed by atoms with Gasteiger partial charge in [-0.05, 0) is 60.2 Å². The normalized spacial score (nSPS) is 15.1. The first-order valence-electron chi connectivity index (χ1n) is 12.8. The lowest BCUT2D eigenvalue weighted by Crippen LogP contribution is -2.41. The zero-order valence-electron chi connectivity index (χ0n) is 21.5. The van der Waals surface area contributed by atoms with Gasteiger partial charge in [0.2, 0.25) is 15.9 Å². The minimum Gasteiger partial charge on any atom is -0.326 e. The monoisotopic (exact) mass is 597 g/mol. The Morgan fingerprint density at radius 1 is 0.825 bits per heavy atom. The van der Waals surface area contributed by atoms with Gasteiger partial charge in [-0.15, -0.1) is 0 Å². The fraction of sp³-hybridized carbons (Fsp3) is 0.207. The summed E-state index contributed by atoms with van der Waals surface area (Å²) in [7, 11) is -7.42. The molecule has 1 fully saturated rings. The molecular weight excluding hydrogens is 570 g/mol. The van der Waals surface area contributed by atoms with Crippen LogP contribution in [0.25, 0.3) is 10.8 Å². The molecule has 0 saturated carbocycles. The number of carbonyl (C=O) groups excluding carboxylic acids is 1. The first-order chi connectivity index (χ1) is 19.1. The SMILES string of the molecule is O=C(Nc1ccc(S(=O)(=O)Nc2cccc3ccccc23)cc1)C1CCN(S(=O)(=O)Cc2ccccc2Cl)CC1. The molecule has 4 aromatic rings. The second-order valence-electron chi connectivity index (χ2n) is 9.67. The molecule has 0 aliphatic carbocycles. The Morgan fingerprint density at radius 2 is 1.48 bits per heavy atom. The van der Waals surface area contributed by atoms with Gasteiger partial charge in [0.15, 0.2) is 0 Å². The third-order valence-electron chi connectivity index (χ3n) is 6.98. The van der Waals surface area contributed by atoms with Gasteiger partial charge in [-0.3, -0.25) is 9.52 Å². The van der Waals surface area contributed by atoms with Crippen molar-refractivity contribution in [3.05, 3.63) is 102 Å². The molecule has 1 aliphatic rings. The summed E-state index contributed by atoms with van der Waals surface area (Å²) in [6.07, 6.45) is 0.768. The molecule has 1 saturated heterocycles. The summed E-state index contributed by atoms with van der Waals surface area (Å²) < 4.78 is 55.8. The predicted molar refractivity (Wildman–Crippen MR) is 158 cm³/mol. The number of sulfonamides is 2. The molecule has 0 aromatic heterocycles. The summed E-state index contributed by atoms with van der Waals surface area (Å²) in [4.78, 5) is 12.9. The second-order valence-corrected chi connectivity index (χ2v) is 13.7. The van der Waals surface area contributed by atoms with Crippen LogP contribution >= 0.6 is 11.6 Å². The van der Waals surface area contributed by atoms with E-state index in [1.807, 2.05) is 30.3 Å². The lowest BCUT2D eigenvalue weighted by atomic mass is 9.97. The highest BCUT2D eigenvalue weighted by Crippen LogP contribution is 2.27. The van der Waals surface area contributed by atoms with Gasteiger partial charge in [0.1, 0.15) is 0 Å². The third-order valence-corrected chi connectivity index (χ3v) is 10.6. The van der Waals surface area contributed by atoms with Crippen LogP contribution in [0, 0.1) is 5.92 Å². The number of halogens is 1. The number of rotatable bonds is 8. The molecule has 11 heteroatoms. The van der Waals surface area contributed by atoms with Gasteiger partial charge >= 0.3 is 0 Å². The van der Waals surface area contributed by atoms with Crippen LogP contribution in [0.15, 0.2) is 95.9 Å². The van der Waals surface area contributed by atoms with Crippen LogP contribution in [-0.4, -0.2) is 40.1 Å². The molecule has 8 nitrogen and oxygen atoms in total. The van der Waals surface area contributed by atoms with E-state index in [1.54, 1.807) is 48.5 Å². The highest BCUT2D eigenvalue weighted by atomic mass is 35.5. The Balaban J connectivity index is 1.18. The zero-order chi connectivity index (χ0) is 28.3. The number of hydrogen-bond donors (Lipinski definition) is 2. The van der Waals surface area contributed by atoms with E-state index in [1.165, 1.54) is 16.4 Å². The maximum Gasteiger partial charge on any atom is 0.261 e. The Hall–Kier alpha value is -3.44. The van der Waals surface area contributed by atoms with Crippen LogP contribution in [0.4, 0.5) is 11.4 Å². The van der Waals surface area contributed by atoms with Crippen LogP contribution in [-0.2, 0) is 30.6 Å². The van der Waals surface area contributed by atoms with Crippen molar-refractivity contribution in [3.8, 4) is 0 Å². The number of amides is 1. The summed E-state index contributed by atoms with van der Waals surface area (Å²) in [6, 6.07) is 25.7. The number of benzene rings is 4. The Labute approximate surface area is 239 Å². The highest BCUT2D eigenvalue weighted by Gasteiger charge is 2.31. The van der Waals surface area contributed by atoms with E-state index in [2.05, 4.69) is 10.0 Å². The second kappa shape index (κ2) is 11.6. The molecule has 40 heavy (non-hydrogen) atoms. The van der Waals surface area contributed by atoms with Crippen LogP contribution < -0.4 is 10.0 Å². The summed E-state index contributed by atoms with van der Waals surface area (Å²) in [6.45, 7) is 0.476. The Bertz CT molecular complexity index is 1750. The fourth-order valence-corrected chi connectivity index (χ4v) is 7.74. The first-order valence-corrected chi connectivity index (χ1v) is 16.2. The molecule has 0 bridgehead atoms. The summed E-state index contributed by atoms with van der Waals surface area (Å²) in [5, 5.41) is 4.94. The van der Waals surface area contributed by atoms with Gasteiger partial charge in [0, 0.05) is 35.1 Å². The molecule has 1 aliphatic heterocycles. The minimum atomic E-state index is -3.85. The molecule has 1 amide bonds. The van der Waals surface area contributed by atoms with Gasteiger partial charge in [0.25, 0.3) is 10.0 Å². The van der Waals surface area contributed by atoms with Crippen molar-refractivity contribution in [2.24, 2.45) is 5.92 Å². The van der Waals surface area contributed by atoms with Crippen molar-refractivity contribution in [2.45, 2.75) is 23.5 Å². The van der Waals surface area contributed by atoms with Crippen LogP contribution in [0.5, 0.6) is 0 Å². The molecule has 208 valence electrons. The van der Waals surface area contributed by atoms with E-state index in [-0.39, 0.29) is 35.6 Å². The average molecular weight is 598 g/mol. The van der Waals surface area contributed by atoms with E-state index in [0.717, 1.165) is 10.8 Å². The molecular formula is C29H28ClN3O5S2. The number of anilines is 2. The van der Waals surface area contributed by atoms with Crippen molar-refractivity contribution in [1.82, 2.24) is 4.31 Å². The highest BCUT2D eigenvalue weighted by molar-refractivity contribution is 7.92. The Morgan fingerprint density at radius 3 is 2.20 bits per heavy atom. The molecule has 0 atom stereocenters. The number of carbonyl (C=O) groups is 1.